The highest BCUT2D eigenvalue weighted by atomic mass is 16.5. The molecule has 2 aromatic rings. The Morgan fingerprint density at radius 3 is 2.52 bits per heavy atom. The van der Waals surface area contributed by atoms with Gasteiger partial charge in [0, 0.05) is 56.5 Å². The molecule has 0 radical (unpaired) electrons. The van der Waals surface area contributed by atoms with Gasteiger partial charge in [-0.3, -0.25) is 9.80 Å². The van der Waals surface area contributed by atoms with Crippen LogP contribution in [0.1, 0.15) is 44.9 Å². The molecule has 1 unspecified atom stereocenters. The number of ether oxygens (including phenoxy) is 1. The topological polar surface area (TPSA) is 64.6 Å². The van der Waals surface area contributed by atoms with E-state index in [4.69, 9.17) is 4.74 Å². The minimum absolute atomic E-state index is 0.164. The third-order valence-electron chi connectivity index (χ3n) is 5.23. The van der Waals surface area contributed by atoms with Crippen LogP contribution in [-0.2, 0) is 11.3 Å². The summed E-state index contributed by atoms with van der Waals surface area (Å²) < 4.78 is 5.52. The number of fused-ring (bicyclic) bond motifs is 1. The molecule has 2 aromatic heterocycles. The summed E-state index contributed by atoms with van der Waals surface area (Å²) in [6.45, 7) is 14.5. The maximum Gasteiger partial charge on any atom is 0.137 e. The van der Waals surface area contributed by atoms with Crippen molar-refractivity contribution in [2.24, 2.45) is 0 Å². The van der Waals surface area contributed by atoms with E-state index in [9.17, 15) is 5.11 Å². The molecule has 6 nitrogen and oxygen atoms in total. The van der Waals surface area contributed by atoms with Gasteiger partial charge in [0.1, 0.15) is 5.65 Å². The second-order valence-corrected chi connectivity index (χ2v) is 8.18. The Hall–Kier alpha value is -1.47. The van der Waals surface area contributed by atoms with Crippen LogP contribution in [-0.4, -0.2) is 76.4 Å². The highest BCUT2D eigenvalue weighted by Crippen LogP contribution is 2.28. The summed E-state index contributed by atoms with van der Waals surface area (Å²) in [6.07, 6.45) is 1.60. The van der Waals surface area contributed by atoms with E-state index in [-0.39, 0.29) is 6.10 Å². The fourth-order valence-electron chi connectivity index (χ4n) is 3.77. The number of aliphatic hydroxyl groups is 1. The van der Waals surface area contributed by atoms with Crippen LogP contribution < -0.4 is 0 Å². The van der Waals surface area contributed by atoms with Crippen LogP contribution in [0.5, 0.6) is 0 Å². The maximum absolute atomic E-state index is 10.1. The number of β-amino-alcohol motifs (C(OH)–C–C–N with tert-alkyl or cyclic N) is 1. The Morgan fingerprint density at radius 2 is 1.85 bits per heavy atom. The lowest BCUT2D eigenvalue weighted by Gasteiger charge is -2.35. The zero-order valence-corrected chi connectivity index (χ0v) is 17.1. The minimum Gasteiger partial charge on any atom is -0.389 e. The van der Waals surface area contributed by atoms with E-state index in [1.165, 1.54) is 16.6 Å². The van der Waals surface area contributed by atoms with E-state index in [2.05, 4.69) is 39.7 Å². The van der Waals surface area contributed by atoms with Crippen molar-refractivity contribution in [3.05, 3.63) is 29.6 Å². The van der Waals surface area contributed by atoms with Gasteiger partial charge in [0.15, 0.2) is 0 Å². The zero-order chi connectivity index (χ0) is 19.4. The molecule has 27 heavy (non-hydrogen) atoms. The molecule has 0 spiro atoms. The summed E-state index contributed by atoms with van der Waals surface area (Å²) in [4.78, 5) is 12.9. The van der Waals surface area contributed by atoms with Crippen LogP contribution >= 0.6 is 0 Å². The average Bonchev–Trinajstić information content (AvgIpc) is 3.01. The van der Waals surface area contributed by atoms with Gasteiger partial charge in [-0.1, -0.05) is 13.8 Å². The number of nitrogens with zero attached hydrogens (tertiary/aromatic N) is 3. The molecular weight excluding hydrogens is 340 g/mol. The normalized spacial score (nSPS) is 18.0. The molecule has 0 bridgehead atoms. The van der Waals surface area contributed by atoms with Crippen LogP contribution in [0.15, 0.2) is 18.3 Å². The van der Waals surface area contributed by atoms with Crippen LogP contribution in [0.25, 0.3) is 11.0 Å². The zero-order valence-electron chi connectivity index (χ0n) is 17.1. The number of aromatic nitrogens is 2. The summed E-state index contributed by atoms with van der Waals surface area (Å²) >= 11 is 0. The number of pyridine rings is 1. The number of aromatic amines is 1. The van der Waals surface area contributed by atoms with Crippen molar-refractivity contribution in [1.82, 2.24) is 19.8 Å². The predicted molar refractivity (Wildman–Crippen MR) is 109 cm³/mol. The quantitative estimate of drug-likeness (QED) is 0.744. The molecule has 2 N–H and O–H groups in total. The Bertz CT molecular complexity index is 720. The Kier molecular flexibility index (Phi) is 6.87. The first-order valence-electron chi connectivity index (χ1n) is 10.1. The largest absolute Gasteiger partial charge is 0.389 e. The standard InChI is InChI=1S/C21H34N4O2/c1-15(2)20-19(18-6-5-7-22-21(18)23-20)13-25-10-8-24(9-11-25)12-17(26)14-27-16(3)4/h5-7,15-17,26H,8-14H2,1-4H3,(H,22,23). The molecule has 0 aliphatic carbocycles. The number of hydrogen-bond donors (Lipinski definition) is 2. The van der Waals surface area contributed by atoms with Gasteiger partial charge < -0.3 is 14.8 Å². The molecule has 1 aliphatic rings. The van der Waals surface area contributed by atoms with Crippen molar-refractivity contribution in [2.45, 2.75) is 52.4 Å². The van der Waals surface area contributed by atoms with Gasteiger partial charge in [0.25, 0.3) is 0 Å². The van der Waals surface area contributed by atoms with Gasteiger partial charge in [-0.2, -0.15) is 0 Å². The first-order chi connectivity index (χ1) is 12.9. The Labute approximate surface area is 162 Å². The van der Waals surface area contributed by atoms with E-state index in [0.717, 1.165) is 38.4 Å². The second kappa shape index (κ2) is 9.15. The van der Waals surface area contributed by atoms with Gasteiger partial charge in [-0.05, 0) is 37.5 Å². The van der Waals surface area contributed by atoms with Crippen molar-refractivity contribution < 1.29 is 9.84 Å². The number of piperazine rings is 1. The molecule has 6 heteroatoms. The van der Waals surface area contributed by atoms with E-state index < -0.39 is 6.10 Å². The summed E-state index contributed by atoms with van der Waals surface area (Å²) in [5, 5.41) is 11.4. The van der Waals surface area contributed by atoms with Crippen molar-refractivity contribution in [1.29, 1.82) is 0 Å². The fraction of sp³-hybridized carbons (Fsp3) is 0.667. The van der Waals surface area contributed by atoms with Crippen LogP contribution in [0.2, 0.25) is 0 Å². The smallest absolute Gasteiger partial charge is 0.137 e. The van der Waals surface area contributed by atoms with Crippen molar-refractivity contribution >= 4 is 11.0 Å². The first kappa shape index (κ1) is 20.3. The van der Waals surface area contributed by atoms with E-state index >= 15 is 0 Å². The monoisotopic (exact) mass is 374 g/mol. The number of nitrogens with one attached hydrogen (secondary N) is 1. The average molecular weight is 375 g/mol. The van der Waals surface area contributed by atoms with Gasteiger partial charge in [-0.25, -0.2) is 4.98 Å². The third-order valence-corrected chi connectivity index (χ3v) is 5.23. The van der Waals surface area contributed by atoms with Crippen molar-refractivity contribution in [3.8, 4) is 0 Å². The maximum atomic E-state index is 10.1. The molecule has 0 aromatic carbocycles. The van der Waals surface area contributed by atoms with Crippen LogP contribution in [0.4, 0.5) is 0 Å². The highest BCUT2D eigenvalue weighted by Gasteiger charge is 2.22. The molecule has 3 rings (SSSR count). The lowest BCUT2D eigenvalue weighted by molar-refractivity contribution is -0.0148. The SMILES string of the molecule is CC(C)OCC(O)CN1CCN(Cc2c(C(C)C)[nH]c3ncccc23)CC1. The van der Waals surface area contributed by atoms with Gasteiger partial charge in [0.2, 0.25) is 0 Å². The van der Waals surface area contributed by atoms with Gasteiger partial charge >= 0.3 is 0 Å². The summed E-state index contributed by atoms with van der Waals surface area (Å²) in [5.41, 5.74) is 3.67. The number of rotatable bonds is 8. The van der Waals surface area contributed by atoms with Gasteiger partial charge in [-0.15, -0.1) is 0 Å². The number of H-pyrrole nitrogens is 1. The molecule has 1 fully saturated rings. The number of hydrogen-bond acceptors (Lipinski definition) is 5. The van der Waals surface area contributed by atoms with Crippen LogP contribution in [0, 0.1) is 0 Å². The Balaban J connectivity index is 1.57. The van der Waals surface area contributed by atoms with E-state index in [1.807, 2.05) is 26.1 Å². The number of aliphatic hydroxyl groups excluding tert-OH is 1. The van der Waals surface area contributed by atoms with E-state index in [1.54, 1.807) is 0 Å². The lowest BCUT2D eigenvalue weighted by Crippen LogP contribution is -2.48. The second-order valence-electron chi connectivity index (χ2n) is 8.18. The highest BCUT2D eigenvalue weighted by molar-refractivity contribution is 5.81. The molecular formula is C21H34N4O2. The fourth-order valence-corrected chi connectivity index (χ4v) is 3.77. The summed E-state index contributed by atoms with van der Waals surface area (Å²) in [7, 11) is 0. The molecule has 0 amide bonds. The molecule has 0 saturated carbocycles. The minimum atomic E-state index is -0.411. The van der Waals surface area contributed by atoms with E-state index in [0.29, 0.717) is 19.1 Å². The molecule has 3 heterocycles. The predicted octanol–water partition coefficient (Wildman–Crippen LogP) is 2.59. The van der Waals surface area contributed by atoms with Crippen LogP contribution in [0.3, 0.4) is 0 Å². The van der Waals surface area contributed by atoms with Crippen molar-refractivity contribution in [3.63, 3.8) is 0 Å². The molecule has 150 valence electrons. The van der Waals surface area contributed by atoms with Gasteiger partial charge in [0.05, 0.1) is 18.8 Å². The molecule has 1 saturated heterocycles. The summed E-state index contributed by atoms with van der Waals surface area (Å²) in [5.74, 6) is 0.451. The lowest BCUT2D eigenvalue weighted by atomic mass is 10.0. The molecule has 1 aliphatic heterocycles. The first-order valence-corrected chi connectivity index (χ1v) is 10.1. The summed E-state index contributed by atoms with van der Waals surface area (Å²) in [6, 6.07) is 4.18. The third kappa shape index (κ3) is 5.29. The van der Waals surface area contributed by atoms with Crippen molar-refractivity contribution in [2.75, 3.05) is 39.3 Å². The molecule has 1 atom stereocenters. The Morgan fingerprint density at radius 1 is 1.15 bits per heavy atom.